The molecule has 1 heterocycles. The second kappa shape index (κ2) is 9.36. The van der Waals surface area contributed by atoms with Crippen molar-refractivity contribution >= 4 is 32.7 Å². The van der Waals surface area contributed by atoms with Crippen LogP contribution in [0.4, 0.5) is 13.2 Å². The number of para-hydroxylation sites is 1. The molecule has 0 aliphatic heterocycles. The molecule has 0 aliphatic rings. The smallest absolute Gasteiger partial charge is 0.243 e. The molecule has 3 rings (SSSR count). The number of hydrogen-bond acceptors (Lipinski definition) is 4. The van der Waals surface area contributed by atoms with E-state index in [1.165, 1.54) is 6.07 Å². The van der Waals surface area contributed by atoms with Gasteiger partial charge in [0.2, 0.25) is 10.0 Å². The minimum atomic E-state index is -4.55. The van der Waals surface area contributed by atoms with Crippen molar-refractivity contribution in [2.75, 3.05) is 12.3 Å². The number of nitrogens with one attached hydrogen (secondary N) is 1. The fourth-order valence-corrected chi connectivity index (χ4v) is 5.06. The van der Waals surface area contributed by atoms with E-state index in [0.29, 0.717) is 10.3 Å². The highest BCUT2D eigenvalue weighted by Gasteiger charge is 2.33. The van der Waals surface area contributed by atoms with Gasteiger partial charge in [0.05, 0.1) is 10.4 Å². The van der Waals surface area contributed by atoms with Gasteiger partial charge in [-0.05, 0) is 36.2 Å². The van der Waals surface area contributed by atoms with Crippen LogP contribution < -0.4 is 4.72 Å². The number of sulfonamides is 1. The third-order valence-electron chi connectivity index (χ3n) is 4.39. The summed E-state index contributed by atoms with van der Waals surface area (Å²) in [6.45, 7) is 2.13. The molecule has 0 saturated heterocycles. The van der Waals surface area contributed by atoms with Crippen LogP contribution in [0.2, 0.25) is 0 Å². The number of pyridine rings is 1. The van der Waals surface area contributed by atoms with Gasteiger partial charge in [0.1, 0.15) is 5.69 Å². The molecule has 0 spiro atoms. The lowest BCUT2D eigenvalue weighted by Crippen LogP contribution is -2.26. The lowest BCUT2D eigenvalue weighted by atomic mass is 10.1. The van der Waals surface area contributed by atoms with E-state index < -0.39 is 21.9 Å². The van der Waals surface area contributed by atoms with Gasteiger partial charge in [-0.25, -0.2) is 18.1 Å². The van der Waals surface area contributed by atoms with Gasteiger partial charge in [0.15, 0.2) is 0 Å². The summed E-state index contributed by atoms with van der Waals surface area (Å²) < 4.78 is 66.8. The van der Waals surface area contributed by atoms with Crippen molar-refractivity contribution in [2.24, 2.45) is 0 Å². The van der Waals surface area contributed by atoms with E-state index in [1.54, 1.807) is 42.5 Å². The lowest BCUT2D eigenvalue weighted by Gasteiger charge is -2.12. The molecule has 0 fully saturated rings. The highest BCUT2D eigenvalue weighted by atomic mass is 32.2. The SMILES string of the molecule is CCCc1ccc(S(=O)(=O)NCCSc2cc(C(F)(F)F)nc3ccccc23)cc1. The number of alkyl halides is 3. The van der Waals surface area contributed by atoms with Crippen LogP contribution in [0.1, 0.15) is 24.6 Å². The molecular weight excluding hydrogens is 433 g/mol. The van der Waals surface area contributed by atoms with Gasteiger partial charge in [-0.3, -0.25) is 0 Å². The molecule has 30 heavy (non-hydrogen) atoms. The van der Waals surface area contributed by atoms with Gasteiger partial charge in [-0.2, -0.15) is 13.2 Å². The average molecular weight is 455 g/mol. The van der Waals surface area contributed by atoms with Gasteiger partial charge >= 0.3 is 6.18 Å². The third-order valence-corrected chi connectivity index (χ3v) is 6.93. The number of halogens is 3. The Balaban J connectivity index is 1.68. The van der Waals surface area contributed by atoms with Gasteiger partial charge in [0.25, 0.3) is 0 Å². The van der Waals surface area contributed by atoms with Crippen molar-refractivity contribution in [3.63, 3.8) is 0 Å². The Bertz CT molecular complexity index is 1120. The fraction of sp³-hybridized carbons (Fsp3) is 0.286. The summed E-state index contributed by atoms with van der Waals surface area (Å²) in [5.41, 5.74) is 0.357. The van der Waals surface area contributed by atoms with Crippen LogP contribution in [0.25, 0.3) is 10.9 Å². The predicted molar refractivity (Wildman–Crippen MR) is 113 cm³/mol. The Kier molecular flexibility index (Phi) is 7.05. The van der Waals surface area contributed by atoms with Gasteiger partial charge in [0, 0.05) is 22.6 Å². The first-order valence-electron chi connectivity index (χ1n) is 9.39. The fourth-order valence-electron chi connectivity index (χ4n) is 2.95. The van der Waals surface area contributed by atoms with Crippen LogP contribution in [0.3, 0.4) is 0 Å². The molecule has 0 unspecified atom stereocenters. The van der Waals surface area contributed by atoms with Crippen LogP contribution in [0, 0.1) is 0 Å². The Labute approximate surface area is 178 Å². The Hall–Kier alpha value is -2.10. The van der Waals surface area contributed by atoms with E-state index in [0.717, 1.165) is 36.2 Å². The predicted octanol–water partition coefficient (Wildman–Crippen LogP) is 5.28. The molecule has 0 radical (unpaired) electrons. The standard InChI is InChI=1S/C21H21F3N2O2S2/c1-2-5-15-8-10-16(11-9-15)30(27,28)25-12-13-29-19-14-20(21(22,23)24)26-18-7-4-3-6-17(18)19/h3-4,6-11,14,25H,2,5,12-13H2,1H3. The van der Waals surface area contributed by atoms with Crippen LogP contribution >= 0.6 is 11.8 Å². The maximum absolute atomic E-state index is 13.1. The number of thioether (sulfide) groups is 1. The summed E-state index contributed by atoms with van der Waals surface area (Å²) in [7, 11) is -3.68. The van der Waals surface area contributed by atoms with Crippen molar-refractivity contribution in [1.29, 1.82) is 0 Å². The maximum atomic E-state index is 13.1. The van der Waals surface area contributed by atoms with Crippen molar-refractivity contribution in [2.45, 2.75) is 35.7 Å². The summed E-state index contributed by atoms with van der Waals surface area (Å²) in [6.07, 6.45) is -2.70. The minimum Gasteiger partial charge on any atom is -0.243 e. The van der Waals surface area contributed by atoms with Crippen molar-refractivity contribution < 1.29 is 21.6 Å². The summed E-state index contributed by atoms with van der Waals surface area (Å²) in [5, 5.41) is 0.602. The first kappa shape index (κ1) is 22.6. The van der Waals surface area contributed by atoms with E-state index in [9.17, 15) is 21.6 Å². The van der Waals surface area contributed by atoms with Crippen LogP contribution in [0.5, 0.6) is 0 Å². The molecule has 0 atom stereocenters. The Morgan fingerprint density at radius 1 is 1.07 bits per heavy atom. The van der Waals surface area contributed by atoms with E-state index in [4.69, 9.17) is 0 Å². The van der Waals surface area contributed by atoms with E-state index >= 15 is 0 Å². The number of rotatable bonds is 8. The number of nitrogens with zero attached hydrogens (tertiary/aromatic N) is 1. The zero-order chi connectivity index (χ0) is 21.8. The molecule has 0 amide bonds. The lowest BCUT2D eigenvalue weighted by molar-refractivity contribution is -0.141. The Morgan fingerprint density at radius 3 is 2.43 bits per heavy atom. The van der Waals surface area contributed by atoms with Crippen LogP contribution in [-0.2, 0) is 22.6 Å². The molecule has 0 bridgehead atoms. The summed E-state index contributed by atoms with van der Waals surface area (Å²) in [4.78, 5) is 4.27. The third kappa shape index (κ3) is 5.53. The zero-order valence-corrected chi connectivity index (χ0v) is 17.9. The maximum Gasteiger partial charge on any atom is 0.433 e. The monoisotopic (exact) mass is 454 g/mol. The molecule has 4 nitrogen and oxygen atoms in total. The number of benzene rings is 2. The molecule has 0 saturated carbocycles. The van der Waals surface area contributed by atoms with E-state index in [2.05, 4.69) is 9.71 Å². The molecule has 160 valence electrons. The van der Waals surface area contributed by atoms with Gasteiger partial charge < -0.3 is 0 Å². The van der Waals surface area contributed by atoms with Crippen molar-refractivity contribution in [1.82, 2.24) is 9.71 Å². The number of aryl methyl sites for hydroxylation is 1. The normalized spacial score (nSPS) is 12.4. The molecule has 1 aromatic heterocycles. The molecule has 3 aromatic rings. The number of hydrogen-bond donors (Lipinski definition) is 1. The molecule has 1 N–H and O–H groups in total. The summed E-state index contributed by atoms with van der Waals surface area (Å²) >= 11 is 1.16. The average Bonchev–Trinajstić information content (AvgIpc) is 2.71. The number of aromatic nitrogens is 1. The quantitative estimate of drug-likeness (QED) is 0.372. The highest BCUT2D eigenvalue weighted by molar-refractivity contribution is 7.99. The van der Waals surface area contributed by atoms with Gasteiger partial charge in [-0.1, -0.05) is 43.7 Å². The molecule has 9 heteroatoms. The topological polar surface area (TPSA) is 59.1 Å². The Morgan fingerprint density at radius 2 is 1.77 bits per heavy atom. The highest BCUT2D eigenvalue weighted by Crippen LogP contribution is 2.34. The van der Waals surface area contributed by atoms with E-state index in [-0.39, 0.29) is 22.7 Å². The first-order valence-corrected chi connectivity index (χ1v) is 11.9. The molecular formula is C21H21F3N2O2S2. The second-order valence-corrected chi connectivity index (χ2v) is 9.56. The van der Waals surface area contributed by atoms with E-state index in [1.807, 2.05) is 6.92 Å². The largest absolute Gasteiger partial charge is 0.433 e. The minimum absolute atomic E-state index is 0.0850. The van der Waals surface area contributed by atoms with Crippen LogP contribution in [0.15, 0.2) is 64.4 Å². The zero-order valence-electron chi connectivity index (χ0n) is 16.2. The van der Waals surface area contributed by atoms with Crippen molar-refractivity contribution in [3.8, 4) is 0 Å². The van der Waals surface area contributed by atoms with Crippen molar-refractivity contribution in [3.05, 3.63) is 65.9 Å². The first-order chi connectivity index (χ1) is 14.2. The van der Waals surface area contributed by atoms with Crippen LogP contribution in [-0.4, -0.2) is 25.7 Å². The summed E-state index contributed by atoms with van der Waals surface area (Å²) in [6, 6.07) is 14.3. The second-order valence-electron chi connectivity index (χ2n) is 6.66. The van der Waals surface area contributed by atoms with Gasteiger partial charge in [-0.15, -0.1) is 11.8 Å². The summed E-state index contributed by atoms with van der Waals surface area (Å²) in [5.74, 6) is 0.276. The molecule has 2 aromatic carbocycles. The molecule has 0 aliphatic carbocycles. The number of fused-ring (bicyclic) bond motifs is 1.